The Morgan fingerprint density at radius 3 is 2.88 bits per heavy atom. The van der Waals surface area contributed by atoms with E-state index in [9.17, 15) is 4.79 Å². The van der Waals surface area contributed by atoms with E-state index in [2.05, 4.69) is 9.98 Å². The number of aliphatic imine (C=N–C) groups is 1. The van der Waals surface area contributed by atoms with Crippen molar-refractivity contribution in [3.63, 3.8) is 0 Å². The topological polar surface area (TPSA) is 67.6 Å². The smallest absolute Gasteiger partial charge is 0.417 e. The molecule has 1 fully saturated rings. The maximum atomic E-state index is 11.4. The molecule has 0 saturated heterocycles. The summed E-state index contributed by atoms with van der Waals surface area (Å²) in [5, 5.41) is 0.662. The summed E-state index contributed by atoms with van der Waals surface area (Å²) in [6.07, 6.45) is 4.89. The van der Waals surface area contributed by atoms with Gasteiger partial charge in [0.15, 0.2) is 5.58 Å². The molecule has 124 valence electrons. The molecule has 0 spiro atoms. The molecule has 2 aliphatic rings. The van der Waals surface area contributed by atoms with Crippen LogP contribution in [0, 0.1) is 12.8 Å². The van der Waals surface area contributed by atoms with Crippen LogP contribution in [0.5, 0.6) is 5.75 Å². The number of nitrogens with zero attached hydrogens (tertiary/aromatic N) is 1. The number of oxazole rings is 1. The summed E-state index contributed by atoms with van der Waals surface area (Å²) in [6.45, 7) is 3.91. The van der Waals surface area contributed by atoms with Crippen molar-refractivity contribution in [3.8, 4) is 5.75 Å². The predicted molar refractivity (Wildman–Crippen MR) is 93.6 cm³/mol. The maximum absolute atomic E-state index is 11.4. The van der Waals surface area contributed by atoms with Crippen LogP contribution < -0.4 is 10.5 Å². The van der Waals surface area contributed by atoms with E-state index in [1.54, 1.807) is 12.1 Å². The van der Waals surface area contributed by atoms with Crippen LogP contribution in [-0.2, 0) is 0 Å². The van der Waals surface area contributed by atoms with E-state index in [1.807, 2.05) is 19.9 Å². The standard InChI is InChI=1S/C18H17ClN2O3/c1-9-6-14(11-3-4-11)20-16(8-13(9)19)23-12-5-10(2)17-15(7-12)24-18(22)21-17/h5,7-8,11H,3-4,6H2,1-2H3,(H,21,22). The number of aromatic amines is 1. The third kappa shape index (κ3) is 2.91. The minimum atomic E-state index is -0.477. The Kier molecular flexibility index (Phi) is 3.61. The van der Waals surface area contributed by atoms with Crippen LogP contribution in [0.1, 0.15) is 31.7 Å². The quantitative estimate of drug-likeness (QED) is 0.896. The van der Waals surface area contributed by atoms with Gasteiger partial charge in [0.05, 0.1) is 5.52 Å². The van der Waals surface area contributed by atoms with Crippen LogP contribution in [0.4, 0.5) is 0 Å². The summed E-state index contributed by atoms with van der Waals surface area (Å²) >= 11 is 6.34. The number of aromatic nitrogens is 1. The van der Waals surface area contributed by atoms with Gasteiger partial charge in [-0.15, -0.1) is 0 Å². The molecule has 1 saturated carbocycles. The number of halogens is 1. The molecule has 4 rings (SSSR count). The molecular weight excluding hydrogens is 328 g/mol. The second-order valence-electron chi connectivity index (χ2n) is 6.39. The monoisotopic (exact) mass is 344 g/mol. The largest absolute Gasteiger partial charge is 0.439 e. The number of aryl methyl sites for hydroxylation is 1. The van der Waals surface area contributed by atoms with E-state index in [1.165, 1.54) is 12.8 Å². The molecule has 1 aliphatic carbocycles. The van der Waals surface area contributed by atoms with E-state index in [0.717, 1.165) is 23.3 Å². The normalized spacial score (nSPS) is 18.5. The van der Waals surface area contributed by atoms with E-state index in [-0.39, 0.29) is 0 Å². The van der Waals surface area contributed by atoms with Crippen LogP contribution in [0.3, 0.4) is 0 Å². The van der Waals surface area contributed by atoms with Gasteiger partial charge in [-0.3, -0.25) is 4.98 Å². The van der Waals surface area contributed by atoms with Gasteiger partial charge in [0.2, 0.25) is 5.88 Å². The Bertz CT molecular complexity index is 974. The Hall–Kier alpha value is -2.27. The number of hydrogen-bond acceptors (Lipinski definition) is 4. The lowest BCUT2D eigenvalue weighted by Gasteiger charge is -2.08. The van der Waals surface area contributed by atoms with Gasteiger partial charge >= 0.3 is 5.76 Å². The highest BCUT2D eigenvalue weighted by molar-refractivity contribution is 6.31. The van der Waals surface area contributed by atoms with E-state index in [0.29, 0.717) is 33.7 Å². The van der Waals surface area contributed by atoms with Crippen LogP contribution in [0.15, 0.2) is 48.9 Å². The molecule has 1 aliphatic heterocycles. The lowest BCUT2D eigenvalue weighted by Crippen LogP contribution is -2.03. The van der Waals surface area contributed by atoms with Crippen LogP contribution in [-0.4, -0.2) is 10.7 Å². The molecular formula is C18H17ClN2O3. The summed E-state index contributed by atoms with van der Waals surface area (Å²) in [5.41, 5.74) is 4.24. The summed E-state index contributed by atoms with van der Waals surface area (Å²) < 4.78 is 11.1. The Labute approximate surface area is 143 Å². The van der Waals surface area contributed by atoms with Crippen molar-refractivity contribution in [1.29, 1.82) is 0 Å². The highest BCUT2D eigenvalue weighted by atomic mass is 35.5. The van der Waals surface area contributed by atoms with Crippen molar-refractivity contribution >= 4 is 28.4 Å². The van der Waals surface area contributed by atoms with E-state index < -0.39 is 5.76 Å². The lowest BCUT2D eigenvalue weighted by molar-refractivity contribution is 0.420. The summed E-state index contributed by atoms with van der Waals surface area (Å²) in [5.74, 6) is 1.10. The first kappa shape index (κ1) is 15.3. The highest BCUT2D eigenvalue weighted by Gasteiger charge is 2.29. The molecule has 2 aromatic rings. The number of rotatable bonds is 3. The molecule has 24 heavy (non-hydrogen) atoms. The molecule has 0 amide bonds. The van der Waals surface area contributed by atoms with Crippen LogP contribution in [0.2, 0.25) is 0 Å². The van der Waals surface area contributed by atoms with Crippen LogP contribution in [0.25, 0.3) is 11.1 Å². The number of hydrogen-bond donors (Lipinski definition) is 1. The first-order chi connectivity index (χ1) is 11.5. The van der Waals surface area contributed by atoms with Crippen molar-refractivity contribution in [2.75, 3.05) is 0 Å². The van der Waals surface area contributed by atoms with Crippen LogP contribution >= 0.6 is 11.6 Å². The second-order valence-corrected chi connectivity index (χ2v) is 6.80. The molecule has 1 aromatic heterocycles. The van der Waals surface area contributed by atoms with Gasteiger partial charge in [0.1, 0.15) is 5.75 Å². The number of ether oxygens (including phenoxy) is 1. The van der Waals surface area contributed by atoms with Gasteiger partial charge in [0, 0.05) is 29.3 Å². The number of benzene rings is 1. The summed E-state index contributed by atoms with van der Waals surface area (Å²) in [6, 6.07) is 3.53. The molecule has 5 nitrogen and oxygen atoms in total. The Morgan fingerprint density at radius 1 is 1.33 bits per heavy atom. The fourth-order valence-electron chi connectivity index (χ4n) is 2.88. The van der Waals surface area contributed by atoms with Crippen molar-refractivity contribution in [2.45, 2.75) is 33.1 Å². The molecule has 2 heterocycles. The number of H-pyrrole nitrogens is 1. The predicted octanol–water partition coefficient (Wildman–Crippen LogP) is 4.42. The summed E-state index contributed by atoms with van der Waals surface area (Å²) in [7, 11) is 0. The molecule has 0 unspecified atom stereocenters. The lowest BCUT2D eigenvalue weighted by atomic mass is 10.1. The molecule has 1 N–H and O–H groups in total. The van der Waals surface area contributed by atoms with Crippen molar-refractivity contribution in [1.82, 2.24) is 4.98 Å². The van der Waals surface area contributed by atoms with E-state index >= 15 is 0 Å². The van der Waals surface area contributed by atoms with Gasteiger partial charge in [-0.1, -0.05) is 11.6 Å². The zero-order chi connectivity index (χ0) is 16.8. The molecule has 6 heteroatoms. The Morgan fingerprint density at radius 2 is 2.12 bits per heavy atom. The zero-order valence-electron chi connectivity index (χ0n) is 13.5. The van der Waals surface area contributed by atoms with Gasteiger partial charge < -0.3 is 9.15 Å². The SMILES string of the molecule is CC1=C(Cl)C=C(Oc2cc(C)c3[nH]c(=O)oc3c2)N=C(C2CC2)C1. The maximum Gasteiger partial charge on any atom is 0.417 e. The number of fused-ring (bicyclic) bond motifs is 1. The molecule has 0 bridgehead atoms. The molecule has 0 atom stereocenters. The van der Waals surface area contributed by atoms with Crippen molar-refractivity contribution in [2.24, 2.45) is 10.9 Å². The number of nitrogens with one attached hydrogen (secondary N) is 1. The van der Waals surface area contributed by atoms with E-state index in [4.69, 9.17) is 20.8 Å². The average Bonchev–Trinajstić information content (AvgIpc) is 3.29. The average molecular weight is 345 g/mol. The zero-order valence-corrected chi connectivity index (χ0v) is 14.2. The van der Waals surface area contributed by atoms with Crippen molar-refractivity contribution < 1.29 is 9.15 Å². The van der Waals surface area contributed by atoms with Gasteiger partial charge in [-0.25, -0.2) is 9.79 Å². The Balaban J connectivity index is 1.71. The van der Waals surface area contributed by atoms with Gasteiger partial charge in [0.25, 0.3) is 0 Å². The fourth-order valence-corrected chi connectivity index (χ4v) is 3.04. The minimum absolute atomic E-state index is 0.466. The first-order valence-corrected chi connectivity index (χ1v) is 8.33. The van der Waals surface area contributed by atoms with Crippen molar-refractivity contribution in [3.05, 3.63) is 50.8 Å². The second kappa shape index (κ2) is 5.67. The first-order valence-electron chi connectivity index (χ1n) is 7.95. The molecule has 0 radical (unpaired) electrons. The van der Waals surface area contributed by atoms with Gasteiger partial charge in [-0.05, 0) is 49.8 Å². The third-order valence-electron chi connectivity index (χ3n) is 4.33. The summed E-state index contributed by atoms with van der Waals surface area (Å²) in [4.78, 5) is 18.7. The minimum Gasteiger partial charge on any atom is -0.439 e. The molecule has 1 aromatic carbocycles. The van der Waals surface area contributed by atoms with Gasteiger partial charge in [-0.2, -0.15) is 0 Å². The highest BCUT2D eigenvalue weighted by Crippen LogP contribution is 2.36. The number of allylic oxidation sites excluding steroid dienone is 3. The fraction of sp³-hybridized carbons (Fsp3) is 0.333. The third-order valence-corrected chi connectivity index (χ3v) is 4.76.